The van der Waals surface area contributed by atoms with E-state index in [2.05, 4.69) is 38.7 Å². The minimum absolute atomic E-state index is 0.0451. The Morgan fingerprint density at radius 1 is 0.932 bits per heavy atom. The van der Waals surface area contributed by atoms with Crippen molar-refractivity contribution in [1.29, 1.82) is 0 Å². The van der Waals surface area contributed by atoms with Gasteiger partial charge in [-0.1, -0.05) is 67.5 Å². The van der Waals surface area contributed by atoms with Gasteiger partial charge in [-0.3, -0.25) is 4.79 Å². The van der Waals surface area contributed by atoms with Crippen molar-refractivity contribution in [3.8, 4) is 0 Å². The number of carbonyl (C=O) groups is 1. The quantitative estimate of drug-likeness (QED) is 0.253. The number of allylic oxidation sites excluding steroid dienone is 7. The maximum absolute atomic E-state index is 13.7. The number of hydrogen-bond acceptors (Lipinski definition) is 3. The number of esters is 1. The van der Waals surface area contributed by atoms with Gasteiger partial charge < -0.3 is 9.84 Å². The van der Waals surface area contributed by atoms with Crippen LogP contribution in [0.25, 0.3) is 0 Å². The molecule has 0 heterocycles. The van der Waals surface area contributed by atoms with Crippen LogP contribution in [0.5, 0.6) is 0 Å². The third kappa shape index (κ3) is 4.48. The second kappa shape index (κ2) is 11.7. The molecule has 11 atom stereocenters. The standard InChI is InChI=1S/C41H58O3/c1-6-40-23-25(3)37-31-15-11-9-13-28(31)17-20-33(37)35(40)22-29(38(40)42)18-21-34-32-19-16-27-12-8-10-14-30(27)36(32)26(4)24-41(34,7-2)39(43)44-5/h12-13,18,30-38,42H,3-4,6-11,14-17,19-24H2,1-2,5H3/b29-18+/t30?,31-,32?,33-,34?,35-,36?,37+,38-,40-,41-/m0/s1. The second-order valence-corrected chi connectivity index (χ2v) is 16.2. The highest BCUT2D eigenvalue weighted by Crippen LogP contribution is 2.66. The lowest BCUT2D eigenvalue weighted by atomic mass is 9.48. The molecule has 0 aromatic carbocycles. The molecule has 44 heavy (non-hydrogen) atoms. The van der Waals surface area contributed by atoms with Crippen molar-refractivity contribution < 1.29 is 14.6 Å². The Morgan fingerprint density at radius 3 is 2.16 bits per heavy atom. The maximum Gasteiger partial charge on any atom is 0.312 e. The highest BCUT2D eigenvalue weighted by atomic mass is 16.5. The molecule has 5 saturated carbocycles. The molecule has 0 aliphatic heterocycles. The fourth-order valence-electron chi connectivity index (χ4n) is 13.0. The lowest BCUT2D eigenvalue weighted by Crippen LogP contribution is -2.52. The third-order valence-electron chi connectivity index (χ3n) is 14.9. The van der Waals surface area contributed by atoms with Crippen molar-refractivity contribution in [1.82, 2.24) is 0 Å². The summed E-state index contributed by atoms with van der Waals surface area (Å²) in [6.45, 7) is 13.9. The number of aliphatic hydroxyl groups is 1. The summed E-state index contributed by atoms with van der Waals surface area (Å²) < 4.78 is 5.59. The first-order valence-electron chi connectivity index (χ1n) is 18.5. The number of methoxy groups -OCH3 is 1. The number of hydrogen-bond donors (Lipinski definition) is 1. The summed E-state index contributed by atoms with van der Waals surface area (Å²) in [5.41, 5.74) is 6.75. The van der Waals surface area contributed by atoms with Crippen LogP contribution in [-0.2, 0) is 9.53 Å². The maximum atomic E-state index is 13.7. The Morgan fingerprint density at radius 2 is 1.55 bits per heavy atom. The molecule has 3 heteroatoms. The Bertz CT molecular complexity index is 1280. The molecule has 240 valence electrons. The zero-order valence-electron chi connectivity index (χ0n) is 27.9. The molecule has 3 nitrogen and oxygen atoms in total. The van der Waals surface area contributed by atoms with Crippen LogP contribution in [0.1, 0.15) is 117 Å². The Balaban J connectivity index is 1.21. The minimum Gasteiger partial charge on any atom is -0.469 e. The van der Waals surface area contributed by atoms with Gasteiger partial charge in [0.25, 0.3) is 0 Å². The highest BCUT2D eigenvalue weighted by molar-refractivity contribution is 5.78. The van der Waals surface area contributed by atoms with Crippen LogP contribution in [0, 0.1) is 58.2 Å². The van der Waals surface area contributed by atoms with Crippen LogP contribution >= 0.6 is 0 Å². The van der Waals surface area contributed by atoms with Gasteiger partial charge >= 0.3 is 5.97 Å². The fourth-order valence-corrected chi connectivity index (χ4v) is 13.0. The number of ether oxygens (including phenoxy) is 1. The van der Waals surface area contributed by atoms with Crippen LogP contribution in [0.2, 0.25) is 0 Å². The largest absolute Gasteiger partial charge is 0.469 e. The zero-order valence-corrected chi connectivity index (χ0v) is 27.9. The Labute approximate surface area is 267 Å². The summed E-state index contributed by atoms with van der Waals surface area (Å²) in [6.07, 6.45) is 25.0. The predicted molar refractivity (Wildman–Crippen MR) is 179 cm³/mol. The van der Waals surface area contributed by atoms with E-state index in [1.54, 1.807) is 18.3 Å². The van der Waals surface area contributed by atoms with Crippen LogP contribution in [0.15, 0.2) is 59.3 Å². The van der Waals surface area contributed by atoms with E-state index >= 15 is 0 Å². The number of fused-ring (bicyclic) bond motifs is 8. The van der Waals surface area contributed by atoms with Gasteiger partial charge in [-0.25, -0.2) is 0 Å². The van der Waals surface area contributed by atoms with Crippen LogP contribution in [0.4, 0.5) is 0 Å². The van der Waals surface area contributed by atoms with E-state index in [1.807, 2.05) is 0 Å². The average molecular weight is 599 g/mol. The van der Waals surface area contributed by atoms with Gasteiger partial charge in [0.2, 0.25) is 0 Å². The molecule has 7 aliphatic rings. The van der Waals surface area contributed by atoms with Gasteiger partial charge in [-0.2, -0.15) is 0 Å². The molecule has 0 aromatic rings. The molecule has 4 unspecified atom stereocenters. The van der Waals surface area contributed by atoms with Gasteiger partial charge in [0.05, 0.1) is 18.6 Å². The van der Waals surface area contributed by atoms with Crippen molar-refractivity contribution in [3.05, 3.63) is 59.3 Å². The predicted octanol–water partition coefficient (Wildman–Crippen LogP) is 9.69. The van der Waals surface area contributed by atoms with Gasteiger partial charge in [0.15, 0.2) is 0 Å². The molecule has 0 saturated heterocycles. The zero-order chi connectivity index (χ0) is 30.8. The molecular formula is C41H58O3. The molecule has 0 amide bonds. The molecule has 0 radical (unpaired) electrons. The molecule has 5 fully saturated rings. The third-order valence-corrected chi connectivity index (χ3v) is 14.9. The second-order valence-electron chi connectivity index (χ2n) is 16.2. The summed E-state index contributed by atoms with van der Waals surface area (Å²) in [6, 6.07) is 0. The van der Waals surface area contributed by atoms with E-state index in [9.17, 15) is 9.90 Å². The van der Waals surface area contributed by atoms with Gasteiger partial charge in [0.1, 0.15) is 0 Å². The topological polar surface area (TPSA) is 46.5 Å². The molecule has 7 rings (SSSR count). The van der Waals surface area contributed by atoms with Crippen LogP contribution in [0.3, 0.4) is 0 Å². The lowest BCUT2D eigenvalue weighted by molar-refractivity contribution is -0.162. The van der Waals surface area contributed by atoms with E-state index in [-0.39, 0.29) is 17.3 Å². The molecule has 0 bridgehead atoms. The molecular weight excluding hydrogens is 540 g/mol. The Hall–Kier alpha value is -1.87. The average Bonchev–Trinajstić information content (AvgIpc) is 3.34. The van der Waals surface area contributed by atoms with E-state index in [0.717, 1.165) is 44.9 Å². The first-order chi connectivity index (χ1) is 21.3. The smallest absolute Gasteiger partial charge is 0.312 e. The highest BCUT2D eigenvalue weighted by Gasteiger charge is 2.61. The van der Waals surface area contributed by atoms with E-state index in [1.165, 1.54) is 74.5 Å². The van der Waals surface area contributed by atoms with Gasteiger partial charge in [0, 0.05) is 5.41 Å². The summed E-state index contributed by atoms with van der Waals surface area (Å²) in [5.74, 6) is 4.18. The van der Waals surface area contributed by atoms with Crippen molar-refractivity contribution in [3.63, 3.8) is 0 Å². The number of carbonyl (C=O) groups excluding carboxylic acids is 1. The molecule has 1 N–H and O–H groups in total. The molecule has 0 spiro atoms. The first-order valence-corrected chi connectivity index (χ1v) is 18.5. The summed E-state index contributed by atoms with van der Waals surface area (Å²) in [5, 5.41) is 12.2. The first kappa shape index (κ1) is 30.8. The SMILES string of the molecule is C=C1C[C@](CC)(C(=O)OC)C(C/C=C2\C[C@H]3[C@@H]4CCC5=CCCC[C@@H]5[C@H]4C(=C)C[C@]3(CC)[C@H]2O)C2CCC3=CCCCC3C12. The lowest BCUT2D eigenvalue weighted by Gasteiger charge is -2.55. The van der Waals surface area contributed by atoms with Gasteiger partial charge in [-0.05, 0) is 156 Å². The van der Waals surface area contributed by atoms with Gasteiger partial charge in [-0.15, -0.1) is 0 Å². The normalized spacial score (nSPS) is 45.7. The van der Waals surface area contributed by atoms with Crippen molar-refractivity contribution in [2.75, 3.05) is 7.11 Å². The van der Waals surface area contributed by atoms with Crippen LogP contribution in [-0.4, -0.2) is 24.3 Å². The van der Waals surface area contributed by atoms with Crippen molar-refractivity contribution in [2.24, 2.45) is 58.2 Å². The van der Waals surface area contributed by atoms with E-state index in [0.29, 0.717) is 41.4 Å². The monoisotopic (exact) mass is 598 g/mol. The fraction of sp³-hybridized carbons (Fsp3) is 0.732. The molecule has 7 aliphatic carbocycles. The minimum atomic E-state index is -0.523. The van der Waals surface area contributed by atoms with Crippen LogP contribution < -0.4 is 0 Å². The Kier molecular flexibility index (Phi) is 8.21. The van der Waals surface area contributed by atoms with E-state index in [4.69, 9.17) is 11.3 Å². The molecule has 0 aromatic heterocycles. The van der Waals surface area contributed by atoms with Crippen molar-refractivity contribution in [2.45, 2.75) is 123 Å². The van der Waals surface area contributed by atoms with Crippen molar-refractivity contribution >= 4 is 5.97 Å². The summed E-state index contributed by atoms with van der Waals surface area (Å²) >= 11 is 0. The number of rotatable bonds is 5. The van der Waals surface area contributed by atoms with E-state index < -0.39 is 11.5 Å². The summed E-state index contributed by atoms with van der Waals surface area (Å²) in [4.78, 5) is 13.7. The summed E-state index contributed by atoms with van der Waals surface area (Å²) in [7, 11) is 1.57. The number of aliphatic hydroxyl groups excluding tert-OH is 1.